The highest BCUT2D eigenvalue weighted by Crippen LogP contribution is 2.24. The van der Waals surface area contributed by atoms with Crippen molar-refractivity contribution in [3.05, 3.63) is 59.7 Å². The maximum absolute atomic E-state index is 12.8. The Morgan fingerprint density at radius 3 is 2.12 bits per heavy atom. The summed E-state index contributed by atoms with van der Waals surface area (Å²) in [6, 6.07) is 14.9. The predicted octanol–water partition coefficient (Wildman–Crippen LogP) is 3.65. The second kappa shape index (κ2) is 12.1. The highest BCUT2D eigenvalue weighted by Gasteiger charge is 2.17. The Kier molecular flexibility index (Phi) is 9.21. The van der Waals surface area contributed by atoms with Crippen molar-refractivity contribution >= 4 is 23.2 Å². The standard InChI is InChI=1S/C27H39N5O2/c1-27(2,3)19-25(33)29-23-7-5-6-8-24(23)30-26(34)22-11-9-21(10-12-22)20-28-13-14-32-17-15-31(4)16-18-32/h5-12,28H,13-20H2,1-4H3,(H,29,33)(H,30,34). The van der Waals surface area contributed by atoms with Crippen LogP contribution in [-0.4, -0.2) is 67.9 Å². The fraction of sp³-hybridized carbons (Fsp3) is 0.481. The van der Waals surface area contributed by atoms with Gasteiger partial charge in [0.15, 0.2) is 0 Å². The van der Waals surface area contributed by atoms with E-state index in [-0.39, 0.29) is 17.2 Å². The van der Waals surface area contributed by atoms with Crippen molar-refractivity contribution in [1.82, 2.24) is 15.1 Å². The van der Waals surface area contributed by atoms with Gasteiger partial charge in [0.25, 0.3) is 5.91 Å². The first kappa shape index (κ1) is 25.9. The molecule has 3 N–H and O–H groups in total. The lowest BCUT2D eigenvalue weighted by Gasteiger charge is -2.32. The lowest BCUT2D eigenvalue weighted by Crippen LogP contribution is -2.46. The Labute approximate surface area is 203 Å². The molecule has 0 spiro atoms. The van der Waals surface area contributed by atoms with Gasteiger partial charge in [-0.1, -0.05) is 45.0 Å². The van der Waals surface area contributed by atoms with Gasteiger partial charge in [-0.05, 0) is 42.3 Å². The Morgan fingerprint density at radius 1 is 0.882 bits per heavy atom. The molecular formula is C27H39N5O2. The molecule has 1 aliphatic heterocycles. The molecule has 0 unspecified atom stereocenters. The molecular weight excluding hydrogens is 426 g/mol. The molecule has 1 fully saturated rings. The topological polar surface area (TPSA) is 76.7 Å². The van der Waals surface area contributed by atoms with E-state index in [0.29, 0.717) is 23.4 Å². The molecule has 1 saturated heterocycles. The summed E-state index contributed by atoms with van der Waals surface area (Å²) in [6.07, 6.45) is 0.403. The van der Waals surface area contributed by atoms with Crippen LogP contribution in [0, 0.1) is 5.41 Å². The smallest absolute Gasteiger partial charge is 0.255 e. The number of nitrogens with zero attached hydrogens (tertiary/aromatic N) is 2. The van der Waals surface area contributed by atoms with Crippen LogP contribution in [0.3, 0.4) is 0 Å². The lowest BCUT2D eigenvalue weighted by molar-refractivity contribution is -0.117. The van der Waals surface area contributed by atoms with Gasteiger partial charge in [-0.15, -0.1) is 0 Å². The van der Waals surface area contributed by atoms with Crippen LogP contribution in [0.25, 0.3) is 0 Å². The van der Waals surface area contributed by atoms with Crippen LogP contribution in [-0.2, 0) is 11.3 Å². The molecule has 3 rings (SSSR count). The summed E-state index contributed by atoms with van der Waals surface area (Å²) in [7, 11) is 2.17. The number of nitrogens with one attached hydrogen (secondary N) is 3. The van der Waals surface area contributed by atoms with Crippen LogP contribution in [0.4, 0.5) is 11.4 Å². The predicted molar refractivity (Wildman–Crippen MR) is 139 cm³/mol. The van der Waals surface area contributed by atoms with Crippen LogP contribution in [0.1, 0.15) is 43.1 Å². The van der Waals surface area contributed by atoms with E-state index >= 15 is 0 Å². The molecule has 7 nitrogen and oxygen atoms in total. The van der Waals surface area contributed by atoms with Crippen LogP contribution >= 0.6 is 0 Å². The van der Waals surface area contributed by atoms with Crippen LogP contribution in [0.2, 0.25) is 0 Å². The molecule has 1 heterocycles. The second-order valence-corrected chi connectivity index (χ2v) is 10.3. The Bertz CT molecular complexity index is 944. The molecule has 7 heteroatoms. The molecule has 0 atom stereocenters. The van der Waals surface area contributed by atoms with Gasteiger partial charge in [0.05, 0.1) is 11.4 Å². The first-order valence-electron chi connectivity index (χ1n) is 12.1. The third-order valence-corrected chi connectivity index (χ3v) is 5.89. The normalized spacial score (nSPS) is 15.2. The van der Waals surface area contributed by atoms with Crippen molar-refractivity contribution in [2.75, 3.05) is 56.9 Å². The Hall–Kier alpha value is -2.74. The lowest BCUT2D eigenvalue weighted by atomic mass is 9.92. The minimum absolute atomic E-state index is 0.0707. The highest BCUT2D eigenvalue weighted by atomic mass is 16.2. The average molecular weight is 466 g/mol. The zero-order chi connectivity index (χ0) is 24.6. The molecule has 2 aromatic rings. The van der Waals surface area contributed by atoms with Gasteiger partial charge in [-0.3, -0.25) is 14.5 Å². The number of anilines is 2. The summed E-state index contributed by atoms with van der Waals surface area (Å²) in [5.74, 6) is -0.272. The summed E-state index contributed by atoms with van der Waals surface area (Å²) in [5, 5.41) is 9.34. The van der Waals surface area contributed by atoms with Crippen molar-refractivity contribution in [3.63, 3.8) is 0 Å². The minimum atomic E-state index is -0.202. The zero-order valence-corrected chi connectivity index (χ0v) is 21.0. The second-order valence-electron chi connectivity index (χ2n) is 10.3. The quantitative estimate of drug-likeness (QED) is 0.493. The van der Waals surface area contributed by atoms with Gasteiger partial charge in [0.2, 0.25) is 5.91 Å². The highest BCUT2D eigenvalue weighted by molar-refractivity contribution is 6.07. The van der Waals surface area contributed by atoms with Crippen molar-refractivity contribution in [3.8, 4) is 0 Å². The minimum Gasteiger partial charge on any atom is -0.324 e. The monoisotopic (exact) mass is 465 g/mol. The fourth-order valence-corrected chi connectivity index (χ4v) is 3.89. The SMILES string of the molecule is CN1CCN(CCNCc2ccc(C(=O)Nc3ccccc3NC(=O)CC(C)(C)C)cc2)CC1. The van der Waals surface area contributed by atoms with Crippen molar-refractivity contribution < 1.29 is 9.59 Å². The van der Waals surface area contributed by atoms with E-state index in [0.717, 1.165) is 51.4 Å². The first-order valence-corrected chi connectivity index (χ1v) is 12.1. The molecule has 0 aromatic heterocycles. The third-order valence-electron chi connectivity index (χ3n) is 5.89. The largest absolute Gasteiger partial charge is 0.324 e. The molecule has 1 aliphatic rings. The molecule has 2 aromatic carbocycles. The van der Waals surface area contributed by atoms with Gasteiger partial charge in [-0.2, -0.15) is 0 Å². The Balaban J connectivity index is 1.48. The number of hydrogen-bond acceptors (Lipinski definition) is 5. The van der Waals surface area contributed by atoms with Crippen LogP contribution in [0.5, 0.6) is 0 Å². The zero-order valence-electron chi connectivity index (χ0n) is 21.0. The summed E-state index contributed by atoms with van der Waals surface area (Å²) >= 11 is 0. The molecule has 184 valence electrons. The molecule has 0 radical (unpaired) electrons. The summed E-state index contributed by atoms with van der Waals surface area (Å²) in [4.78, 5) is 30.0. The number of rotatable bonds is 9. The Morgan fingerprint density at radius 2 is 1.50 bits per heavy atom. The third kappa shape index (κ3) is 8.56. The number of amides is 2. The number of carbonyl (C=O) groups excluding carboxylic acids is 2. The van der Waals surface area contributed by atoms with Gasteiger partial charge in [-0.25, -0.2) is 0 Å². The molecule has 0 saturated carbocycles. The van der Waals surface area contributed by atoms with Crippen LogP contribution < -0.4 is 16.0 Å². The fourth-order valence-electron chi connectivity index (χ4n) is 3.89. The number of likely N-dealkylation sites (N-methyl/N-ethyl adjacent to an activating group) is 1. The molecule has 0 aliphatic carbocycles. The summed E-state index contributed by atoms with van der Waals surface area (Å²) < 4.78 is 0. The molecule has 0 bridgehead atoms. The van der Waals surface area contributed by atoms with E-state index in [9.17, 15) is 9.59 Å². The maximum atomic E-state index is 12.8. The number of piperazine rings is 1. The number of benzene rings is 2. The van der Waals surface area contributed by atoms with Crippen molar-refractivity contribution in [2.24, 2.45) is 5.41 Å². The van der Waals surface area contributed by atoms with E-state index in [4.69, 9.17) is 0 Å². The van der Waals surface area contributed by atoms with Gasteiger partial charge in [0, 0.05) is 57.8 Å². The van der Waals surface area contributed by atoms with Crippen molar-refractivity contribution in [1.29, 1.82) is 0 Å². The number of carbonyl (C=O) groups is 2. The maximum Gasteiger partial charge on any atom is 0.255 e. The van der Waals surface area contributed by atoms with E-state index in [1.165, 1.54) is 0 Å². The van der Waals surface area contributed by atoms with E-state index in [1.54, 1.807) is 12.1 Å². The molecule has 2 amide bonds. The van der Waals surface area contributed by atoms with E-state index in [2.05, 4.69) is 32.8 Å². The summed E-state index contributed by atoms with van der Waals surface area (Å²) in [6.45, 7) is 13.4. The number of hydrogen-bond donors (Lipinski definition) is 3. The van der Waals surface area contributed by atoms with E-state index < -0.39 is 0 Å². The van der Waals surface area contributed by atoms with Crippen molar-refractivity contribution in [2.45, 2.75) is 33.7 Å². The molecule has 34 heavy (non-hydrogen) atoms. The summed E-state index contributed by atoms with van der Waals surface area (Å²) in [5.41, 5.74) is 2.81. The first-order chi connectivity index (χ1) is 16.2. The van der Waals surface area contributed by atoms with Gasteiger partial charge >= 0.3 is 0 Å². The van der Waals surface area contributed by atoms with Gasteiger partial charge in [0.1, 0.15) is 0 Å². The van der Waals surface area contributed by atoms with E-state index in [1.807, 2.05) is 57.2 Å². The average Bonchev–Trinajstić information content (AvgIpc) is 2.78. The van der Waals surface area contributed by atoms with Crippen LogP contribution in [0.15, 0.2) is 48.5 Å². The van der Waals surface area contributed by atoms with Gasteiger partial charge < -0.3 is 20.9 Å². The number of para-hydroxylation sites is 2.